The number of aromatic nitrogens is 2. The molecule has 0 amide bonds. The molecule has 2 heterocycles. The first-order valence-electron chi connectivity index (χ1n) is 5.64. The lowest BCUT2D eigenvalue weighted by molar-refractivity contribution is -0.148. The second-order valence-electron chi connectivity index (χ2n) is 4.44. The van der Waals surface area contributed by atoms with Crippen molar-refractivity contribution in [1.29, 1.82) is 0 Å². The molecule has 1 atom stereocenters. The standard InChI is InChI=1S/C10H15N3O4S/c1-2-10(9(14)15)3-4-13(6-10)18(16,17)8-5-11-7-12-8/h5,7H,2-4,6H2,1H3,(H,11,12)(H,14,15). The smallest absolute Gasteiger partial charge is 0.311 e. The monoisotopic (exact) mass is 273 g/mol. The largest absolute Gasteiger partial charge is 0.481 e. The molecule has 1 unspecified atom stereocenters. The number of nitrogens with one attached hydrogen (secondary N) is 1. The fourth-order valence-electron chi connectivity index (χ4n) is 2.18. The summed E-state index contributed by atoms with van der Waals surface area (Å²) in [7, 11) is -3.66. The molecule has 0 bridgehead atoms. The van der Waals surface area contributed by atoms with Crippen molar-refractivity contribution < 1.29 is 18.3 Å². The summed E-state index contributed by atoms with van der Waals surface area (Å²) in [6, 6.07) is 0. The summed E-state index contributed by atoms with van der Waals surface area (Å²) in [4.78, 5) is 17.5. The molecule has 1 fully saturated rings. The number of aromatic amines is 1. The Morgan fingerprint density at radius 3 is 2.83 bits per heavy atom. The Kier molecular flexibility index (Phi) is 3.16. The molecule has 1 aromatic rings. The number of hydrogen-bond acceptors (Lipinski definition) is 4. The van der Waals surface area contributed by atoms with Crippen LogP contribution in [0.5, 0.6) is 0 Å². The third-order valence-corrected chi connectivity index (χ3v) is 5.31. The van der Waals surface area contributed by atoms with Gasteiger partial charge in [-0.3, -0.25) is 4.79 Å². The maximum Gasteiger partial charge on any atom is 0.311 e. The van der Waals surface area contributed by atoms with E-state index in [-0.39, 0.29) is 18.1 Å². The summed E-state index contributed by atoms with van der Waals surface area (Å²) >= 11 is 0. The SMILES string of the molecule is CCC1(C(=O)O)CCN(S(=O)(=O)c2cnc[nH]2)C1. The number of hydrogen-bond donors (Lipinski definition) is 2. The van der Waals surface area contributed by atoms with E-state index < -0.39 is 21.4 Å². The number of nitrogens with zero attached hydrogens (tertiary/aromatic N) is 2. The van der Waals surface area contributed by atoms with Crippen LogP contribution in [0.3, 0.4) is 0 Å². The van der Waals surface area contributed by atoms with Gasteiger partial charge in [-0.15, -0.1) is 0 Å². The minimum absolute atomic E-state index is 0.000193. The minimum atomic E-state index is -3.66. The lowest BCUT2D eigenvalue weighted by atomic mass is 9.85. The fraction of sp³-hybridized carbons (Fsp3) is 0.600. The van der Waals surface area contributed by atoms with Crippen LogP contribution in [0.2, 0.25) is 0 Å². The van der Waals surface area contributed by atoms with Crippen LogP contribution in [0.15, 0.2) is 17.6 Å². The molecule has 7 nitrogen and oxygen atoms in total. The number of aliphatic carboxylic acids is 1. The molecule has 18 heavy (non-hydrogen) atoms. The summed E-state index contributed by atoms with van der Waals surface area (Å²) in [5.74, 6) is -0.938. The average Bonchev–Trinajstić information content (AvgIpc) is 2.99. The number of carbonyl (C=O) groups is 1. The predicted molar refractivity (Wildman–Crippen MR) is 62.3 cm³/mol. The van der Waals surface area contributed by atoms with E-state index >= 15 is 0 Å². The van der Waals surface area contributed by atoms with Crippen LogP contribution in [-0.4, -0.2) is 46.9 Å². The zero-order valence-electron chi connectivity index (χ0n) is 9.96. The van der Waals surface area contributed by atoms with Crippen molar-refractivity contribution in [3.05, 3.63) is 12.5 Å². The number of carboxylic acid groups (broad SMARTS) is 1. The summed E-state index contributed by atoms with van der Waals surface area (Å²) < 4.78 is 25.6. The normalized spacial score (nSPS) is 25.4. The molecular weight excluding hydrogens is 258 g/mol. The Labute approximate surface area is 105 Å². The van der Waals surface area contributed by atoms with Crippen molar-refractivity contribution in [2.45, 2.75) is 24.8 Å². The van der Waals surface area contributed by atoms with E-state index in [0.717, 1.165) is 0 Å². The van der Waals surface area contributed by atoms with E-state index in [9.17, 15) is 18.3 Å². The van der Waals surface area contributed by atoms with Crippen LogP contribution in [0.4, 0.5) is 0 Å². The highest BCUT2D eigenvalue weighted by molar-refractivity contribution is 7.89. The highest BCUT2D eigenvalue weighted by atomic mass is 32.2. The summed E-state index contributed by atoms with van der Waals surface area (Å²) in [5.41, 5.74) is -0.965. The van der Waals surface area contributed by atoms with Gasteiger partial charge >= 0.3 is 5.97 Å². The van der Waals surface area contributed by atoms with E-state index in [1.165, 1.54) is 16.8 Å². The van der Waals surface area contributed by atoms with Crippen molar-refractivity contribution >= 4 is 16.0 Å². The average molecular weight is 273 g/mol. The quantitative estimate of drug-likeness (QED) is 0.820. The van der Waals surface area contributed by atoms with Crippen LogP contribution in [0, 0.1) is 5.41 Å². The molecular formula is C10H15N3O4S. The van der Waals surface area contributed by atoms with Gasteiger partial charge in [0.2, 0.25) is 0 Å². The van der Waals surface area contributed by atoms with E-state index in [1.807, 2.05) is 0 Å². The Morgan fingerprint density at radius 2 is 2.39 bits per heavy atom. The Morgan fingerprint density at radius 1 is 1.67 bits per heavy atom. The molecule has 0 aliphatic carbocycles. The van der Waals surface area contributed by atoms with Gasteiger partial charge in [-0.2, -0.15) is 4.31 Å². The lowest BCUT2D eigenvalue weighted by Crippen LogP contribution is -2.36. The predicted octanol–water partition coefficient (Wildman–Crippen LogP) is 0.285. The highest BCUT2D eigenvalue weighted by Gasteiger charge is 2.47. The van der Waals surface area contributed by atoms with Gasteiger partial charge in [0.15, 0.2) is 5.03 Å². The first kappa shape index (κ1) is 13.0. The van der Waals surface area contributed by atoms with Crippen LogP contribution >= 0.6 is 0 Å². The highest BCUT2D eigenvalue weighted by Crippen LogP contribution is 2.36. The van der Waals surface area contributed by atoms with Gasteiger partial charge in [-0.05, 0) is 12.8 Å². The van der Waals surface area contributed by atoms with Gasteiger partial charge in [0.05, 0.1) is 17.9 Å². The first-order chi connectivity index (χ1) is 8.42. The van der Waals surface area contributed by atoms with Crippen molar-refractivity contribution in [2.24, 2.45) is 5.41 Å². The van der Waals surface area contributed by atoms with Crippen molar-refractivity contribution in [3.8, 4) is 0 Å². The molecule has 0 spiro atoms. The first-order valence-corrected chi connectivity index (χ1v) is 7.08. The van der Waals surface area contributed by atoms with E-state index in [0.29, 0.717) is 12.8 Å². The Hall–Kier alpha value is -1.41. The van der Waals surface area contributed by atoms with Crippen LogP contribution in [0.1, 0.15) is 19.8 Å². The molecule has 1 aliphatic rings. The maximum atomic E-state index is 12.2. The molecule has 8 heteroatoms. The van der Waals surface area contributed by atoms with Crippen LogP contribution < -0.4 is 0 Å². The molecule has 0 aromatic carbocycles. The molecule has 1 saturated heterocycles. The van der Waals surface area contributed by atoms with Gasteiger partial charge < -0.3 is 10.1 Å². The molecule has 1 aromatic heterocycles. The number of sulfonamides is 1. The summed E-state index contributed by atoms with van der Waals surface area (Å²) in [6.07, 6.45) is 3.26. The molecule has 2 rings (SSSR count). The van der Waals surface area contributed by atoms with Gasteiger partial charge in [0.25, 0.3) is 10.0 Å². The van der Waals surface area contributed by atoms with Gasteiger partial charge in [-0.1, -0.05) is 6.92 Å². The fourth-order valence-corrected chi connectivity index (χ4v) is 3.60. The molecule has 0 saturated carbocycles. The molecule has 1 aliphatic heterocycles. The molecule has 100 valence electrons. The number of carboxylic acids is 1. The second kappa shape index (κ2) is 4.36. The van der Waals surface area contributed by atoms with Gasteiger partial charge in [0.1, 0.15) is 0 Å². The third-order valence-electron chi connectivity index (χ3n) is 3.54. The van der Waals surface area contributed by atoms with Crippen LogP contribution in [0.25, 0.3) is 0 Å². The van der Waals surface area contributed by atoms with Gasteiger partial charge in [0, 0.05) is 13.1 Å². The Bertz CT molecular complexity index is 539. The second-order valence-corrected chi connectivity index (χ2v) is 6.35. The van der Waals surface area contributed by atoms with Crippen molar-refractivity contribution in [1.82, 2.24) is 14.3 Å². The minimum Gasteiger partial charge on any atom is -0.481 e. The third kappa shape index (κ3) is 1.91. The topological polar surface area (TPSA) is 103 Å². The van der Waals surface area contributed by atoms with Crippen molar-refractivity contribution in [2.75, 3.05) is 13.1 Å². The van der Waals surface area contributed by atoms with Crippen LogP contribution in [-0.2, 0) is 14.8 Å². The number of imidazole rings is 1. The zero-order valence-corrected chi connectivity index (χ0v) is 10.8. The summed E-state index contributed by atoms with van der Waals surface area (Å²) in [5, 5.41) is 9.24. The van der Waals surface area contributed by atoms with E-state index in [2.05, 4.69) is 9.97 Å². The molecule has 2 N–H and O–H groups in total. The number of H-pyrrole nitrogens is 1. The lowest BCUT2D eigenvalue weighted by Gasteiger charge is -2.22. The maximum absolute atomic E-state index is 12.2. The molecule has 0 radical (unpaired) electrons. The zero-order chi connectivity index (χ0) is 13.4. The number of rotatable bonds is 4. The summed E-state index contributed by atoms with van der Waals surface area (Å²) in [6.45, 7) is 2.00. The van der Waals surface area contributed by atoms with Crippen molar-refractivity contribution in [3.63, 3.8) is 0 Å². The van der Waals surface area contributed by atoms with Gasteiger partial charge in [-0.25, -0.2) is 13.4 Å². The van der Waals surface area contributed by atoms with E-state index in [4.69, 9.17) is 0 Å². The van der Waals surface area contributed by atoms with E-state index in [1.54, 1.807) is 6.92 Å². The Balaban J connectivity index is 2.27.